The summed E-state index contributed by atoms with van der Waals surface area (Å²) in [4.78, 5) is 12.8. The maximum Gasteiger partial charge on any atom is 0.255 e. The standard InChI is InChI=1S/C20H24N2O/c1-14(2)10-12-22-19(8-7-17(9-11-21)20(22)23)18-13-15(3)5-6-16(18)4/h5-8,13-14H,9-10,12H2,1-4H3. The first-order valence-electron chi connectivity index (χ1n) is 8.11. The summed E-state index contributed by atoms with van der Waals surface area (Å²) < 4.78 is 1.84. The molecule has 3 heteroatoms. The molecular formula is C20H24N2O. The summed E-state index contributed by atoms with van der Waals surface area (Å²) >= 11 is 0. The molecule has 1 aromatic heterocycles. The van der Waals surface area contributed by atoms with Crippen molar-refractivity contribution in [3.05, 3.63) is 57.4 Å². The minimum absolute atomic E-state index is 0.0365. The number of pyridine rings is 1. The van der Waals surface area contributed by atoms with Gasteiger partial charge in [0.05, 0.1) is 18.2 Å². The fraction of sp³-hybridized carbons (Fsp3) is 0.400. The molecule has 0 unspecified atom stereocenters. The highest BCUT2D eigenvalue weighted by Gasteiger charge is 2.13. The van der Waals surface area contributed by atoms with Crippen LogP contribution in [-0.4, -0.2) is 4.57 Å². The Morgan fingerprint density at radius 2 is 1.91 bits per heavy atom. The minimum Gasteiger partial charge on any atom is -0.308 e. The summed E-state index contributed by atoms with van der Waals surface area (Å²) in [5.41, 5.74) is 4.90. The smallest absolute Gasteiger partial charge is 0.255 e. The van der Waals surface area contributed by atoms with Crippen LogP contribution in [0.3, 0.4) is 0 Å². The second-order valence-electron chi connectivity index (χ2n) is 6.54. The molecule has 0 aliphatic rings. The largest absolute Gasteiger partial charge is 0.308 e. The Balaban J connectivity index is 2.62. The Bertz CT molecular complexity index is 794. The summed E-state index contributed by atoms with van der Waals surface area (Å²) in [6.45, 7) is 9.11. The van der Waals surface area contributed by atoms with Gasteiger partial charge in [0.15, 0.2) is 0 Å². The highest BCUT2D eigenvalue weighted by Crippen LogP contribution is 2.24. The predicted octanol–water partition coefficient (Wildman–Crippen LogP) is 4.24. The SMILES string of the molecule is Cc1ccc(C)c(-c2ccc(CC#N)c(=O)n2CCC(C)C)c1. The average molecular weight is 308 g/mol. The lowest BCUT2D eigenvalue weighted by molar-refractivity contribution is 0.509. The van der Waals surface area contributed by atoms with Crippen molar-refractivity contribution in [1.82, 2.24) is 4.57 Å². The van der Waals surface area contributed by atoms with E-state index in [9.17, 15) is 4.79 Å². The van der Waals surface area contributed by atoms with E-state index >= 15 is 0 Å². The first-order chi connectivity index (χ1) is 10.9. The summed E-state index contributed by atoms with van der Waals surface area (Å²) in [7, 11) is 0. The van der Waals surface area contributed by atoms with Crippen molar-refractivity contribution in [3.63, 3.8) is 0 Å². The molecule has 0 atom stereocenters. The molecule has 0 amide bonds. The van der Waals surface area contributed by atoms with Crippen LogP contribution in [0.25, 0.3) is 11.3 Å². The van der Waals surface area contributed by atoms with Crippen molar-refractivity contribution in [2.45, 2.75) is 47.1 Å². The predicted molar refractivity (Wildman–Crippen MR) is 94.4 cm³/mol. The molecule has 0 spiro atoms. The molecule has 3 nitrogen and oxygen atoms in total. The minimum atomic E-state index is -0.0365. The van der Waals surface area contributed by atoms with Gasteiger partial charge < -0.3 is 4.57 Å². The van der Waals surface area contributed by atoms with Gasteiger partial charge in [0, 0.05) is 17.7 Å². The van der Waals surface area contributed by atoms with Gasteiger partial charge in [0.2, 0.25) is 0 Å². The fourth-order valence-electron chi connectivity index (χ4n) is 2.70. The molecule has 0 N–H and O–H groups in total. The third kappa shape index (κ3) is 3.90. The zero-order valence-electron chi connectivity index (χ0n) is 14.4. The van der Waals surface area contributed by atoms with E-state index in [0.29, 0.717) is 18.0 Å². The molecule has 0 aliphatic carbocycles. The molecule has 0 saturated heterocycles. The molecule has 0 radical (unpaired) electrons. The van der Waals surface area contributed by atoms with Crippen LogP contribution >= 0.6 is 0 Å². The summed E-state index contributed by atoms with van der Waals surface area (Å²) in [6, 6.07) is 12.2. The molecule has 1 aromatic carbocycles. The second kappa shape index (κ2) is 7.28. The van der Waals surface area contributed by atoms with Crippen LogP contribution in [0.2, 0.25) is 0 Å². The molecule has 2 aromatic rings. The number of benzene rings is 1. The number of nitrogens with zero attached hydrogens (tertiary/aromatic N) is 2. The van der Waals surface area contributed by atoms with E-state index in [4.69, 9.17) is 5.26 Å². The third-order valence-corrected chi connectivity index (χ3v) is 4.12. The highest BCUT2D eigenvalue weighted by molar-refractivity contribution is 5.65. The van der Waals surface area contributed by atoms with Crippen molar-refractivity contribution in [1.29, 1.82) is 5.26 Å². The van der Waals surface area contributed by atoms with Crippen LogP contribution in [0.5, 0.6) is 0 Å². The number of nitriles is 1. The lowest BCUT2D eigenvalue weighted by atomic mass is 10.0. The molecular weight excluding hydrogens is 284 g/mol. The lowest BCUT2D eigenvalue weighted by Crippen LogP contribution is -2.25. The normalized spacial score (nSPS) is 10.8. The van der Waals surface area contributed by atoms with Crippen molar-refractivity contribution in [2.24, 2.45) is 5.92 Å². The zero-order chi connectivity index (χ0) is 17.0. The van der Waals surface area contributed by atoms with Gasteiger partial charge in [-0.2, -0.15) is 5.26 Å². The van der Waals surface area contributed by atoms with Gasteiger partial charge in [-0.3, -0.25) is 4.79 Å². The molecule has 0 bridgehead atoms. The van der Waals surface area contributed by atoms with E-state index in [1.54, 1.807) is 6.07 Å². The molecule has 0 fully saturated rings. The Morgan fingerprint density at radius 1 is 1.17 bits per heavy atom. The summed E-state index contributed by atoms with van der Waals surface area (Å²) in [6.07, 6.45) is 1.10. The third-order valence-electron chi connectivity index (χ3n) is 4.12. The van der Waals surface area contributed by atoms with E-state index < -0.39 is 0 Å². The molecule has 23 heavy (non-hydrogen) atoms. The molecule has 0 aliphatic heterocycles. The molecule has 0 saturated carbocycles. The second-order valence-corrected chi connectivity index (χ2v) is 6.54. The molecule has 1 heterocycles. The van der Waals surface area contributed by atoms with Crippen molar-refractivity contribution in [3.8, 4) is 17.3 Å². The van der Waals surface area contributed by atoms with E-state index in [1.165, 1.54) is 5.56 Å². The molecule has 120 valence electrons. The number of hydrogen-bond donors (Lipinski definition) is 0. The van der Waals surface area contributed by atoms with Gasteiger partial charge in [-0.15, -0.1) is 0 Å². The van der Waals surface area contributed by atoms with Gasteiger partial charge in [-0.1, -0.05) is 37.6 Å². The van der Waals surface area contributed by atoms with Crippen LogP contribution in [0.4, 0.5) is 0 Å². The van der Waals surface area contributed by atoms with E-state index in [1.807, 2.05) is 10.6 Å². The Morgan fingerprint density at radius 3 is 2.57 bits per heavy atom. The first-order valence-corrected chi connectivity index (χ1v) is 8.11. The lowest BCUT2D eigenvalue weighted by Gasteiger charge is -2.17. The Labute approximate surface area is 138 Å². The Hall–Kier alpha value is -2.34. The van der Waals surface area contributed by atoms with Crippen molar-refractivity contribution < 1.29 is 0 Å². The maximum atomic E-state index is 12.8. The van der Waals surface area contributed by atoms with Gasteiger partial charge in [0.25, 0.3) is 5.56 Å². The quantitative estimate of drug-likeness (QED) is 0.829. The monoisotopic (exact) mass is 308 g/mol. The maximum absolute atomic E-state index is 12.8. The van der Waals surface area contributed by atoms with E-state index in [-0.39, 0.29) is 12.0 Å². The van der Waals surface area contributed by atoms with Gasteiger partial charge >= 0.3 is 0 Å². The topological polar surface area (TPSA) is 45.8 Å². The highest BCUT2D eigenvalue weighted by atomic mass is 16.1. The first kappa shape index (κ1) is 17.0. The zero-order valence-corrected chi connectivity index (χ0v) is 14.4. The fourth-order valence-corrected chi connectivity index (χ4v) is 2.70. The summed E-state index contributed by atoms with van der Waals surface area (Å²) in [5.74, 6) is 0.521. The van der Waals surface area contributed by atoms with E-state index in [2.05, 4.69) is 52.0 Å². The van der Waals surface area contributed by atoms with Gasteiger partial charge in [-0.25, -0.2) is 0 Å². The summed E-state index contributed by atoms with van der Waals surface area (Å²) in [5, 5.41) is 8.92. The van der Waals surface area contributed by atoms with Crippen molar-refractivity contribution >= 4 is 0 Å². The number of aryl methyl sites for hydroxylation is 2. The number of rotatable bonds is 5. The van der Waals surface area contributed by atoms with Crippen LogP contribution in [0.15, 0.2) is 35.1 Å². The van der Waals surface area contributed by atoms with Gasteiger partial charge in [0.1, 0.15) is 0 Å². The van der Waals surface area contributed by atoms with Gasteiger partial charge in [-0.05, 0) is 43.9 Å². The average Bonchev–Trinajstić information content (AvgIpc) is 2.50. The van der Waals surface area contributed by atoms with Crippen LogP contribution < -0.4 is 5.56 Å². The van der Waals surface area contributed by atoms with Crippen LogP contribution in [0.1, 0.15) is 37.0 Å². The van der Waals surface area contributed by atoms with E-state index in [0.717, 1.165) is 23.2 Å². The van der Waals surface area contributed by atoms with Crippen molar-refractivity contribution in [2.75, 3.05) is 0 Å². The number of aromatic nitrogens is 1. The van der Waals surface area contributed by atoms with Crippen LogP contribution in [-0.2, 0) is 13.0 Å². The van der Waals surface area contributed by atoms with Crippen LogP contribution in [0, 0.1) is 31.1 Å². The number of hydrogen-bond acceptors (Lipinski definition) is 2. The molecule has 2 rings (SSSR count). The Kier molecular flexibility index (Phi) is 5.39.